The van der Waals surface area contributed by atoms with Crippen LogP contribution in [0, 0.1) is 11.7 Å². The molecule has 0 aromatic heterocycles. The van der Waals surface area contributed by atoms with Crippen molar-refractivity contribution in [2.75, 3.05) is 5.73 Å². The molecule has 1 saturated carbocycles. The number of hydrogen-bond donors (Lipinski definition) is 2. The SMILES string of the molecule is CC(NS(=O)(=O)c1cc(N)c(F)cc1Br)C1CC1. The molecule has 1 aliphatic carbocycles. The normalized spacial score (nSPS) is 17.7. The van der Waals surface area contributed by atoms with E-state index in [0.29, 0.717) is 5.92 Å². The third kappa shape index (κ3) is 2.84. The molecule has 0 spiro atoms. The topological polar surface area (TPSA) is 72.2 Å². The van der Waals surface area contributed by atoms with Gasteiger partial charge in [-0.05, 0) is 53.7 Å². The number of nitrogen functional groups attached to an aromatic ring is 1. The highest BCUT2D eigenvalue weighted by molar-refractivity contribution is 9.10. The summed E-state index contributed by atoms with van der Waals surface area (Å²) < 4.78 is 40.2. The lowest BCUT2D eigenvalue weighted by Gasteiger charge is -2.14. The molecule has 1 fully saturated rings. The zero-order chi connectivity index (χ0) is 13.5. The Kier molecular flexibility index (Phi) is 3.66. The molecule has 1 aliphatic rings. The van der Waals surface area contributed by atoms with Crippen molar-refractivity contribution >= 4 is 31.6 Å². The van der Waals surface area contributed by atoms with Gasteiger partial charge >= 0.3 is 0 Å². The van der Waals surface area contributed by atoms with Gasteiger partial charge in [-0.15, -0.1) is 0 Å². The Morgan fingerprint density at radius 1 is 1.50 bits per heavy atom. The highest BCUT2D eigenvalue weighted by Gasteiger charge is 2.32. The van der Waals surface area contributed by atoms with Crippen LogP contribution in [0.5, 0.6) is 0 Å². The molecule has 100 valence electrons. The fourth-order valence-electron chi connectivity index (χ4n) is 1.75. The minimum atomic E-state index is -3.68. The number of hydrogen-bond acceptors (Lipinski definition) is 3. The summed E-state index contributed by atoms with van der Waals surface area (Å²) in [7, 11) is -3.68. The number of nitrogens with two attached hydrogens (primary N) is 1. The summed E-state index contributed by atoms with van der Waals surface area (Å²) in [6.45, 7) is 1.83. The predicted octanol–water partition coefficient (Wildman–Crippen LogP) is 2.25. The van der Waals surface area contributed by atoms with E-state index < -0.39 is 15.8 Å². The van der Waals surface area contributed by atoms with Gasteiger partial charge in [-0.3, -0.25) is 0 Å². The number of sulfonamides is 1. The number of anilines is 1. The first-order chi connectivity index (χ1) is 8.31. The van der Waals surface area contributed by atoms with Gasteiger partial charge in [0.05, 0.1) is 10.6 Å². The van der Waals surface area contributed by atoms with Crippen LogP contribution in [0.25, 0.3) is 0 Å². The summed E-state index contributed by atoms with van der Waals surface area (Å²) in [5, 5.41) is 0. The summed E-state index contributed by atoms with van der Waals surface area (Å²) in [5.74, 6) is -0.243. The Bertz CT molecular complexity index is 573. The van der Waals surface area contributed by atoms with Crippen molar-refractivity contribution in [1.29, 1.82) is 0 Å². The van der Waals surface area contributed by atoms with E-state index in [1.54, 1.807) is 0 Å². The molecule has 0 amide bonds. The van der Waals surface area contributed by atoms with Crippen LogP contribution in [0.4, 0.5) is 10.1 Å². The molecule has 2 rings (SSSR count). The van der Waals surface area contributed by atoms with Crippen molar-refractivity contribution in [2.24, 2.45) is 5.92 Å². The van der Waals surface area contributed by atoms with Crippen molar-refractivity contribution in [2.45, 2.75) is 30.7 Å². The Balaban J connectivity index is 2.31. The van der Waals surface area contributed by atoms with E-state index >= 15 is 0 Å². The van der Waals surface area contributed by atoms with Crippen molar-refractivity contribution in [3.8, 4) is 0 Å². The zero-order valence-electron chi connectivity index (χ0n) is 9.78. The Labute approximate surface area is 114 Å². The lowest BCUT2D eigenvalue weighted by atomic mass is 10.2. The molecule has 3 N–H and O–H groups in total. The quantitative estimate of drug-likeness (QED) is 0.828. The monoisotopic (exact) mass is 336 g/mol. The third-order valence-corrected chi connectivity index (χ3v) is 5.53. The molecule has 1 aromatic rings. The van der Waals surface area contributed by atoms with Gasteiger partial charge in [-0.2, -0.15) is 0 Å². The van der Waals surface area contributed by atoms with Crippen LogP contribution < -0.4 is 10.5 Å². The second-order valence-electron chi connectivity index (χ2n) is 4.55. The summed E-state index contributed by atoms with van der Waals surface area (Å²) in [6, 6.07) is 2.07. The Morgan fingerprint density at radius 3 is 2.67 bits per heavy atom. The molecule has 18 heavy (non-hydrogen) atoms. The Hall–Kier alpha value is -0.660. The number of halogens is 2. The maximum absolute atomic E-state index is 13.2. The van der Waals surface area contributed by atoms with Crippen LogP contribution in [-0.2, 0) is 10.0 Å². The summed E-state index contributed by atoms with van der Waals surface area (Å²) in [5.41, 5.74) is 5.22. The number of benzene rings is 1. The molecule has 1 atom stereocenters. The molecule has 0 radical (unpaired) electrons. The summed E-state index contributed by atoms with van der Waals surface area (Å²) in [4.78, 5) is -0.0334. The van der Waals surface area contributed by atoms with E-state index in [1.165, 1.54) is 0 Å². The fraction of sp³-hybridized carbons (Fsp3) is 0.455. The second kappa shape index (κ2) is 4.79. The number of nitrogens with one attached hydrogen (secondary N) is 1. The van der Waals surface area contributed by atoms with Gasteiger partial charge in [0.2, 0.25) is 10.0 Å². The Morgan fingerprint density at radius 2 is 2.11 bits per heavy atom. The van der Waals surface area contributed by atoms with Crippen molar-refractivity contribution in [3.05, 3.63) is 22.4 Å². The van der Waals surface area contributed by atoms with Gasteiger partial charge in [0.1, 0.15) is 5.82 Å². The second-order valence-corrected chi connectivity index (χ2v) is 7.09. The molecule has 0 heterocycles. The van der Waals surface area contributed by atoms with Crippen LogP contribution in [0.15, 0.2) is 21.5 Å². The molecule has 4 nitrogen and oxygen atoms in total. The molecular formula is C11H14BrFN2O2S. The van der Waals surface area contributed by atoms with Crippen LogP contribution in [0.2, 0.25) is 0 Å². The van der Waals surface area contributed by atoms with E-state index in [-0.39, 0.29) is 21.1 Å². The average Bonchev–Trinajstić information content (AvgIpc) is 3.05. The zero-order valence-corrected chi connectivity index (χ0v) is 12.2. The molecule has 1 unspecified atom stereocenters. The lowest BCUT2D eigenvalue weighted by molar-refractivity contribution is 0.537. The molecule has 1 aromatic carbocycles. The molecule has 0 aliphatic heterocycles. The minimum Gasteiger partial charge on any atom is -0.396 e. The van der Waals surface area contributed by atoms with Crippen LogP contribution in [-0.4, -0.2) is 14.5 Å². The van der Waals surface area contributed by atoms with E-state index in [0.717, 1.165) is 25.0 Å². The van der Waals surface area contributed by atoms with Crippen LogP contribution in [0.1, 0.15) is 19.8 Å². The van der Waals surface area contributed by atoms with Crippen LogP contribution >= 0.6 is 15.9 Å². The van der Waals surface area contributed by atoms with Gasteiger partial charge < -0.3 is 5.73 Å². The first kappa shape index (κ1) is 13.8. The summed E-state index contributed by atoms with van der Waals surface area (Å²) >= 11 is 3.04. The van der Waals surface area contributed by atoms with E-state index in [4.69, 9.17) is 5.73 Å². The smallest absolute Gasteiger partial charge is 0.242 e. The van der Waals surface area contributed by atoms with Gasteiger partial charge in [0.15, 0.2) is 0 Å². The standard InChI is InChI=1S/C11H14BrFN2O2S/c1-6(7-2-3-7)15-18(16,17)11-5-10(14)9(13)4-8(11)12/h4-7,15H,2-3,14H2,1H3. The van der Waals surface area contributed by atoms with E-state index in [1.807, 2.05) is 6.92 Å². The predicted molar refractivity (Wildman–Crippen MR) is 71.0 cm³/mol. The van der Waals surface area contributed by atoms with Crippen molar-refractivity contribution in [1.82, 2.24) is 4.72 Å². The van der Waals surface area contributed by atoms with Gasteiger partial charge in [-0.1, -0.05) is 0 Å². The lowest BCUT2D eigenvalue weighted by Crippen LogP contribution is -2.34. The average molecular weight is 337 g/mol. The minimum absolute atomic E-state index is 0.0334. The molecule has 0 saturated heterocycles. The summed E-state index contributed by atoms with van der Waals surface area (Å²) in [6.07, 6.45) is 2.08. The van der Waals surface area contributed by atoms with E-state index in [2.05, 4.69) is 20.7 Å². The molecule has 7 heteroatoms. The third-order valence-electron chi connectivity index (χ3n) is 3.01. The molecule has 0 bridgehead atoms. The maximum atomic E-state index is 13.2. The number of rotatable bonds is 4. The maximum Gasteiger partial charge on any atom is 0.242 e. The largest absolute Gasteiger partial charge is 0.396 e. The first-order valence-corrected chi connectivity index (χ1v) is 7.85. The highest BCUT2D eigenvalue weighted by atomic mass is 79.9. The van der Waals surface area contributed by atoms with Gasteiger partial charge in [0.25, 0.3) is 0 Å². The van der Waals surface area contributed by atoms with Crippen LogP contribution in [0.3, 0.4) is 0 Å². The van der Waals surface area contributed by atoms with Gasteiger partial charge in [-0.25, -0.2) is 17.5 Å². The first-order valence-electron chi connectivity index (χ1n) is 5.58. The highest BCUT2D eigenvalue weighted by Crippen LogP contribution is 2.34. The van der Waals surface area contributed by atoms with E-state index in [9.17, 15) is 12.8 Å². The van der Waals surface area contributed by atoms with Crippen molar-refractivity contribution < 1.29 is 12.8 Å². The molecular weight excluding hydrogens is 323 g/mol. The fourth-order valence-corrected chi connectivity index (χ4v) is 4.11. The van der Waals surface area contributed by atoms with Gasteiger partial charge in [0, 0.05) is 10.5 Å². The van der Waals surface area contributed by atoms with Crippen molar-refractivity contribution in [3.63, 3.8) is 0 Å².